The number of hydrogen-bond acceptors (Lipinski definition) is 3. The van der Waals surface area contributed by atoms with E-state index in [0.717, 1.165) is 11.4 Å². The third kappa shape index (κ3) is 4.37. The van der Waals surface area contributed by atoms with E-state index < -0.39 is 0 Å². The fourth-order valence-corrected chi connectivity index (χ4v) is 1.58. The zero-order valence-electron chi connectivity index (χ0n) is 11.5. The summed E-state index contributed by atoms with van der Waals surface area (Å²) in [6.07, 6.45) is 0.495. The van der Waals surface area contributed by atoms with Crippen LogP contribution in [0.2, 0.25) is 0 Å². The lowest BCUT2D eigenvalue weighted by Crippen LogP contribution is -2.31. The van der Waals surface area contributed by atoms with Crippen LogP contribution in [0.25, 0.3) is 0 Å². The first kappa shape index (κ1) is 14.5. The monoisotopic (exact) mass is 250 g/mol. The number of nitrogens with zero attached hydrogens (tertiary/aromatic N) is 1. The molecule has 100 valence electrons. The van der Waals surface area contributed by atoms with E-state index in [1.54, 1.807) is 11.9 Å². The summed E-state index contributed by atoms with van der Waals surface area (Å²) in [5.41, 5.74) is 6.46. The van der Waals surface area contributed by atoms with Gasteiger partial charge in [-0.3, -0.25) is 4.79 Å². The van der Waals surface area contributed by atoms with Crippen LogP contribution in [0.15, 0.2) is 24.3 Å². The second-order valence-corrected chi connectivity index (χ2v) is 4.79. The summed E-state index contributed by atoms with van der Waals surface area (Å²) in [4.78, 5) is 13.4. The Morgan fingerprint density at radius 3 is 2.28 bits per heavy atom. The minimum Gasteiger partial charge on any atom is -0.491 e. The van der Waals surface area contributed by atoms with Crippen molar-refractivity contribution in [3.63, 3.8) is 0 Å². The van der Waals surface area contributed by atoms with Crippen LogP contribution in [-0.4, -0.2) is 25.1 Å². The second kappa shape index (κ2) is 6.40. The van der Waals surface area contributed by atoms with Gasteiger partial charge in [0.2, 0.25) is 5.91 Å². The molecule has 1 aromatic carbocycles. The van der Waals surface area contributed by atoms with E-state index in [9.17, 15) is 4.79 Å². The van der Waals surface area contributed by atoms with Crippen molar-refractivity contribution in [1.82, 2.24) is 0 Å². The Bertz CT molecular complexity index is 385. The van der Waals surface area contributed by atoms with Crippen molar-refractivity contribution in [3.8, 4) is 5.75 Å². The highest BCUT2D eigenvalue weighted by Gasteiger charge is 2.12. The highest BCUT2D eigenvalue weighted by atomic mass is 16.5. The number of amides is 1. The van der Waals surface area contributed by atoms with E-state index in [1.807, 2.05) is 45.0 Å². The van der Waals surface area contributed by atoms with E-state index in [1.165, 1.54) is 0 Å². The van der Waals surface area contributed by atoms with Gasteiger partial charge in [-0.1, -0.05) is 0 Å². The van der Waals surface area contributed by atoms with Crippen LogP contribution < -0.4 is 15.4 Å². The third-order valence-corrected chi connectivity index (χ3v) is 2.47. The SMILES string of the molecule is CC(N)CC(=O)N(C)c1ccc(OC(C)C)cc1. The van der Waals surface area contributed by atoms with Gasteiger partial charge in [-0.05, 0) is 45.0 Å². The Morgan fingerprint density at radius 2 is 1.83 bits per heavy atom. The van der Waals surface area contributed by atoms with Crippen LogP contribution in [-0.2, 0) is 4.79 Å². The highest BCUT2D eigenvalue weighted by Crippen LogP contribution is 2.20. The number of rotatable bonds is 5. The van der Waals surface area contributed by atoms with Gasteiger partial charge in [0, 0.05) is 25.2 Å². The molecule has 0 spiro atoms. The third-order valence-electron chi connectivity index (χ3n) is 2.47. The average molecular weight is 250 g/mol. The van der Waals surface area contributed by atoms with Crippen molar-refractivity contribution in [2.45, 2.75) is 39.3 Å². The molecule has 0 aliphatic carbocycles. The van der Waals surface area contributed by atoms with Crippen molar-refractivity contribution >= 4 is 11.6 Å². The van der Waals surface area contributed by atoms with Crippen molar-refractivity contribution < 1.29 is 9.53 Å². The summed E-state index contributed by atoms with van der Waals surface area (Å²) in [5, 5.41) is 0. The highest BCUT2D eigenvalue weighted by molar-refractivity contribution is 5.93. The molecule has 18 heavy (non-hydrogen) atoms. The first-order chi connectivity index (χ1) is 8.40. The number of carbonyl (C=O) groups excluding carboxylic acids is 1. The van der Waals surface area contributed by atoms with Gasteiger partial charge in [0.05, 0.1) is 6.10 Å². The van der Waals surface area contributed by atoms with Crippen LogP contribution in [0.5, 0.6) is 5.75 Å². The van der Waals surface area contributed by atoms with Crippen molar-refractivity contribution in [2.75, 3.05) is 11.9 Å². The second-order valence-electron chi connectivity index (χ2n) is 4.79. The van der Waals surface area contributed by atoms with Gasteiger partial charge in [0.25, 0.3) is 0 Å². The Hall–Kier alpha value is -1.55. The molecule has 0 aliphatic rings. The molecule has 4 nitrogen and oxygen atoms in total. The fraction of sp³-hybridized carbons (Fsp3) is 0.500. The maximum absolute atomic E-state index is 11.8. The molecular formula is C14H22N2O2. The lowest BCUT2D eigenvalue weighted by Gasteiger charge is -2.19. The van der Waals surface area contributed by atoms with E-state index >= 15 is 0 Å². The normalized spacial score (nSPS) is 12.3. The Morgan fingerprint density at radius 1 is 1.28 bits per heavy atom. The van der Waals surface area contributed by atoms with Gasteiger partial charge in [0.15, 0.2) is 0 Å². The standard InChI is InChI=1S/C14H22N2O2/c1-10(2)18-13-7-5-12(6-8-13)16(4)14(17)9-11(3)15/h5-8,10-11H,9,15H2,1-4H3. The maximum atomic E-state index is 11.8. The molecule has 2 N–H and O–H groups in total. The molecule has 1 rings (SSSR count). The number of hydrogen-bond donors (Lipinski definition) is 1. The Labute approximate surface area is 109 Å². The minimum absolute atomic E-state index is 0.0162. The summed E-state index contributed by atoms with van der Waals surface area (Å²) < 4.78 is 5.55. The Kier molecular flexibility index (Phi) is 5.16. The van der Waals surface area contributed by atoms with E-state index in [2.05, 4.69) is 0 Å². The van der Waals surface area contributed by atoms with Gasteiger partial charge in [-0.15, -0.1) is 0 Å². The first-order valence-corrected chi connectivity index (χ1v) is 6.19. The number of nitrogens with two attached hydrogens (primary N) is 1. The molecule has 0 aliphatic heterocycles. The van der Waals surface area contributed by atoms with Gasteiger partial charge < -0.3 is 15.4 Å². The summed E-state index contributed by atoms with van der Waals surface area (Å²) in [6.45, 7) is 5.78. The maximum Gasteiger partial charge on any atom is 0.228 e. The first-order valence-electron chi connectivity index (χ1n) is 6.19. The predicted octanol–water partition coefficient (Wildman–Crippen LogP) is 2.17. The van der Waals surface area contributed by atoms with Crippen LogP contribution in [0.1, 0.15) is 27.2 Å². The molecule has 0 saturated carbocycles. The summed E-state index contributed by atoms with van der Waals surface area (Å²) in [6, 6.07) is 7.35. The number of anilines is 1. The predicted molar refractivity (Wildman–Crippen MR) is 73.9 cm³/mol. The smallest absolute Gasteiger partial charge is 0.228 e. The molecule has 4 heteroatoms. The summed E-state index contributed by atoms with van der Waals surface area (Å²) in [7, 11) is 1.75. The van der Waals surface area contributed by atoms with Gasteiger partial charge in [-0.25, -0.2) is 0 Å². The summed E-state index contributed by atoms with van der Waals surface area (Å²) >= 11 is 0. The van der Waals surface area contributed by atoms with Gasteiger partial charge in [0.1, 0.15) is 5.75 Å². The fourth-order valence-electron chi connectivity index (χ4n) is 1.58. The molecule has 1 aromatic rings. The molecule has 0 radical (unpaired) electrons. The number of carbonyl (C=O) groups is 1. The number of benzene rings is 1. The molecule has 1 unspecified atom stereocenters. The van der Waals surface area contributed by atoms with E-state index in [0.29, 0.717) is 6.42 Å². The quantitative estimate of drug-likeness (QED) is 0.871. The van der Waals surface area contributed by atoms with Crippen LogP contribution in [0, 0.1) is 0 Å². The number of ether oxygens (including phenoxy) is 1. The topological polar surface area (TPSA) is 55.6 Å². The van der Waals surface area contributed by atoms with Gasteiger partial charge >= 0.3 is 0 Å². The van der Waals surface area contributed by atoms with Crippen molar-refractivity contribution in [2.24, 2.45) is 5.73 Å². The lowest BCUT2D eigenvalue weighted by atomic mass is 10.2. The zero-order valence-corrected chi connectivity index (χ0v) is 11.5. The minimum atomic E-state index is -0.122. The van der Waals surface area contributed by atoms with Crippen molar-refractivity contribution in [3.05, 3.63) is 24.3 Å². The van der Waals surface area contributed by atoms with Crippen LogP contribution in [0.4, 0.5) is 5.69 Å². The lowest BCUT2D eigenvalue weighted by molar-refractivity contribution is -0.118. The summed E-state index contributed by atoms with van der Waals surface area (Å²) in [5.74, 6) is 0.823. The molecule has 0 fully saturated rings. The molecule has 1 amide bonds. The Balaban J connectivity index is 2.69. The van der Waals surface area contributed by atoms with Gasteiger partial charge in [-0.2, -0.15) is 0 Å². The van der Waals surface area contributed by atoms with E-state index in [-0.39, 0.29) is 18.1 Å². The molecule has 0 saturated heterocycles. The van der Waals surface area contributed by atoms with Crippen molar-refractivity contribution in [1.29, 1.82) is 0 Å². The molecule has 1 atom stereocenters. The largest absolute Gasteiger partial charge is 0.491 e. The molecule has 0 aromatic heterocycles. The molecule has 0 heterocycles. The molecule has 0 bridgehead atoms. The zero-order chi connectivity index (χ0) is 13.7. The average Bonchev–Trinajstić information content (AvgIpc) is 2.27. The van der Waals surface area contributed by atoms with Crippen LogP contribution in [0.3, 0.4) is 0 Å². The van der Waals surface area contributed by atoms with E-state index in [4.69, 9.17) is 10.5 Å². The van der Waals surface area contributed by atoms with Crippen LogP contribution >= 0.6 is 0 Å². The molecular weight excluding hydrogens is 228 g/mol.